The quantitative estimate of drug-likeness (QED) is 0.579. The summed E-state index contributed by atoms with van der Waals surface area (Å²) in [5.41, 5.74) is 1.31. The maximum absolute atomic E-state index is 12.5. The van der Waals surface area contributed by atoms with Crippen molar-refractivity contribution in [2.24, 2.45) is 0 Å². The van der Waals surface area contributed by atoms with E-state index in [-0.39, 0.29) is 24.8 Å². The molecule has 3 rings (SSSR count). The Morgan fingerprint density at radius 2 is 2.07 bits per heavy atom. The lowest BCUT2D eigenvalue weighted by Crippen LogP contribution is -2.20. The number of amides is 1. The number of nitrogens with one attached hydrogen (secondary N) is 1. The first kappa shape index (κ1) is 19.1. The average Bonchev–Trinajstić information content (AvgIpc) is 3.13. The van der Waals surface area contributed by atoms with Gasteiger partial charge in [-0.15, -0.1) is 11.3 Å². The summed E-state index contributed by atoms with van der Waals surface area (Å²) in [6.07, 6.45) is 6.32. The predicted octanol–water partition coefficient (Wildman–Crippen LogP) is 2.73. The van der Waals surface area contributed by atoms with Crippen LogP contribution in [0.3, 0.4) is 0 Å². The molecular formula is C18H21N3O5S. The van der Waals surface area contributed by atoms with E-state index in [0.717, 1.165) is 42.5 Å². The molecule has 0 saturated heterocycles. The van der Waals surface area contributed by atoms with Crippen LogP contribution in [0, 0.1) is 0 Å². The first-order valence-electron chi connectivity index (χ1n) is 8.87. The highest BCUT2D eigenvalue weighted by Gasteiger charge is 2.26. The first-order valence-corrected chi connectivity index (χ1v) is 9.69. The van der Waals surface area contributed by atoms with E-state index in [2.05, 4.69) is 10.4 Å². The van der Waals surface area contributed by atoms with E-state index in [1.165, 1.54) is 28.3 Å². The van der Waals surface area contributed by atoms with Crippen LogP contribution in [0.5, 0.6) is 0 Å². The zero-order valence-electron chi connectivity index (χ0n) is 15.0. The minimum absolute atomic E-state index is 0.127. The van der Waals surface area contributed by atoms with Gasteiger partial charge in [0.05, 0.1) is 12.2 Å². The van der Waals surface area contributed by atoms with Crippen LogP contribution < -0.4 is 5.32 Å². The van der Waals surface area contributed by atoms with Gasteiger partial charge in [0.25, 0.3) is 0 Å². The highest BCUT2D eigenvalue weighted by atomic mass is 32.1. The number of hydrogen-bond donors (Lipinski definition) is 2. The summed E-state index contributed by atoms with van der Waals surface area (Å²) in [6, 6.07) is 1.33. The molecule has 0 bridgehead atoms. The normalized spacial score (nSPS) is 13.5. The van der Waals surface area contributed by atoms with Gasteiger partial charge in [0.1, 0.15) is 11.5 Å². The standard InChI is InChI=1S/C18H21N3O5S/c1-2-26-18(25)15-11-6-4-3-5-7-13(11)27-16(15)19-14(22)10-21-9-8-12(20-21)17(23)24/h8-9H,2-7,10H2,1H3,(H,19,22)(H,23,24). The van der Waals surface area contributed by atoms with Crippen LogP contribution in [0.25, 0.3) is 0 Å². The molecule has 0 aromatic carbocycles. The Morgan fingerprint density at radius 1 is 1.30 bits per heavy atom. The van der Waals surface area contributed by atoms with Gasteiger partial charge in [-0.3, -0.25) is 9.48 Å². The van der Waals surface area contributed by atoms with Crippen molar-refractivity contribution in [3.05, 3.63) is 34.0 Å². The number of aromatic carboxylic acids is 1. The number of esters is 1. The predicted molar refractivity (Wildman–Crippen MR) is 99.4 cm³/mol. The Labute approximate surface area is 160 Å². The van der Waals surface area contributed by atoms with Gasteiger partial charge in [0.15, 0.2) is 5.69 Å². The molecule has 0 aliphatic heterocycles. The Kier molecular flexibility index (Phi) is 5.90. The van der Waals surface area contributed by atoms with Crippen LogP contribution in [0.1, 0.15) is 57.5 Å². The van der Waals surface area contributed by atoms with E-state index in [9.17, 15) is 14.4 Å². The molecular weight excluding hydrogens is 370 g/mol. The third-order valence-corrected chi connectivity index (χ3v) is 5.53. The number of rotatable bonds is 6. The van der Waals surface area contributed by atoms with E-state index in [1.807, 2.05) is 0 Å². The number of nitrogens with zero attached hydrogens (tertiary/aromatic N) is 2. The van der Waals surface area contributed by atoms with E-state index in [4.69, 9.17) is 9.84 Å². The number of aryl methyl sites for hydroxylation is 1. The monoisotopic (exact) mass is 391 g/mol. The van der Waals surface area contributed by atoms with Gasteiger partial charge >= 0.3 is 11.9 Å². The summed E-state index contributed by atoms with van der Waals surface area (Å²) in [6.45, 7) is 1.87. The molecule has 0 spiro atoms. The molecule has 0 radical (unpaired) electrons. The zero-order valence-corrected chi connectivity index (χ0v) is 15.8. The number of carboxylic acid groups (broad SMARTS) is 1. The lowest BCUT2D eigenvalue weighted by Gasteiger charge is -2.08. The fourth-order valence-corrected chi connectivity index (χ4v) is 4.42. The second kappa shape index (κ2) is 8.34. The van der Waals surface area contributed by atoms with Crippen LogP contribution in [0.4, 0.5) is 5.00 Å². The molecule has 1 amide bonds. The molecule has 144 valence electrons. The molecule has 0 fully saturated rings. The maximum Gasteiger partial charge on any atom is 0.356 e. The summed E-state index contributed by atoms with van der Waals surface area (Å²) >= 11 is 1.42. The molecule has 2 heterocycles. The SMILES string of the molecule is CCOC(=O)c1c(NC(=O)Cn2ccc(C(=O)O)n2)sc2c1CCCCC2. The second-order valence-corrected chi connectivity index (χ2v) is 7.35. The van der Waals surface area contributed by atoms with Gasteiger partial charge < -0.3 is 15.2 Å². The number of thiophene rings is 1. The smallest absolute Gasteiger partial charge is 0.356 e. The van der Waals surface area contributed by atoms with Crippen molar-refractivity contribution in [2.75, 3.05) is 11.9 Å². The van der Waals surface area contributed by atoms with Crippen molar-refractivity contribution in [1.82, 2.24) is 9.78 Å². The number of carboxylic acids is 1. The Balaban J connectivity index is 1.81. The Bertz CT molecular complexity index is 870. The maximum atomic E-state index is 12.5. The average molecular weight is 391 g/mol. The summed E-state index contributed by atoms with van der Waals surface area (Å²) in [4.78, 5) is 36.9. The molecule has 8 nitrogen and oxygen atoms in total. The molecule has 1 aliphatic carbocycles. The minimum Gasteiger partial charge on any atom is -0.476 e. The van der Waals surface area contributed by atoms with E-state index in [0.29, 0.717) is 10.6 Å². The highest BCUT2D eigenvalue weighted by Crippen LogP contribution is 2.38. The van der Waals surface area contributed by atoms with Gasteiger partial charge in [-0.05, 0) is 44.2 Å². The fraction of sp³-hybridized carbons (Fsp3) is 0.444. The lowest BCUT2D eigenvalue weighted by molar-refractivity contribution is -0.116. The van der Waals surface area contributed by atoms with Gasteiger partial charge in [-0.1, -0.05) is 6.42 Å². The third-order valence-electron chi connectivity index (χ3n) is 4.32. The number of carbonyl (C=O) groups excluding carboxylic acids is 2. The first-order chi connectivity index (χ1) is 13.0. The van der Waals surface area contributed by atoms with Crippen molar-refractivity contribution in [3.63, 3.8) is 0 Å². The topological polar surface area (TPSA) is 111 Å². The van der Waals surface area contributed by atoms with Gasteiger partial charge in [-0.2, -0.15) is 5.10 Å². The van der Waals surface area contributed by atoms with Crippen LogP contribution in [-0.2, 0) is 28.9 Å². The lowest BCUT2D eigenvalue weighted by atomic mass is 10.1. The van der Waals surface area contributed by atoms with Gasteiger partial charge in [-0.25, -0.2) is 9.59 Å². The molecule has 2 aromatic rings. The van der Waals surface area contributed by atoms with Crippen molar-refractivity contribution < 1.29 is 24.2 Å². The second-order valence-electron chi connectivity index (χ2n) is 6.24. The molecule has 2 N–H and O–H groups in total. The summed E-state index contributed by atoms with van der Waals surface area (Å²) in [5, 5.41) is 16.0. The molecule has 27 heavy (non-hydrogen) atoms. The fourth-order valence-electron chi connectivity index (χ4n) is 3.13. The zero-order chi connectivity index (χ0) is 19.4. The van der Waals surface area contributed by atoms with Crippen molar-refractivity contribution in [1.29, 1.82) is 0 Å². The summed E-state index contributed by atoms with van der Waals surface area (Å²) in [7, 11) is 0. The van der Waals surface area contributed by atoms with E-state index in [1.54, 1.807) is 6.92 Å². The van der Waals surface area contributed by atoms with Crippen LogP contribution in [0.15, 0.2) is 12.3 Å². The van der Waals surface area contributed by atoms with Gasteiger partial charge in [0, 0.05) is 11.1 Å². The highest BCUT2D eigenvalue weighted by molar-refractivity contribution is 7.17. The third kappa shape index (κ3) is 4.36. The molecule has 2 aromatic heterocycles. The number of ether oxygens (including phenoxy) is 1. The molecule has 0 saturated carbocycles. The minimum atomic E-state index is -1.15. The summed E-state index contributed by atoms with van der Waals surface area (Å²) < 4.78 is 6.45. The van der Waals surface area contributed by atoms with E-state index >= 15 is 0 Å². The number of carbonyl (C=O) groups is 3. The van der Waals surface area contributed by atoms with Crippen LogP contribution >= 0.6 is 11.3 Å². The van der Waals surface area contributed by atoms with Crippen molar-refractivity contribution in [2.45, 2.75) is 45.6 Å². The molecule has 9 heteroatoms. The van der Waals surface area contributed by atoms with Crippen molar-refractivity contribution >= 4 is 34.2 Å². The largest absolute Gasteiger partial charge is 0.476 e. The Morgan fingerprint density at radius 3 is 2.78 bits per heavy atom. The van der Waals surface area contributed by atoms with E-state index < -0.39 is 11.9 Å². The Hall–Kier alpha value is -2.68. The number of aromatic nitrogens is 2. The molecule has 1 aliphatic rings. The number of hydrogen-bond acceptors (Lipinski definition) is 6. The summed E-state index contributed by atoms with van der Waals surface area (Å²) in [5.74, 6) is -1.95. The van der Waals surface area contributed by atoms with Crippen LogP contribution in [-0.4, -0.2) is 39.3 Å². The number of anilines is 1. The van der Waals surface area contributed by atoms with Crippen molar-refractivity contribution in [3.8, 4) is 0 Å². The molecule has 0 unspecified atom stereocenters. The molecule has 0 atom stereocenters. The van der Waals surface area contributed by atoms with Crippen LogP contribution in [0.2, 0.25) is 0 Å². The number of fused-ring (bicyclic) bond motifs is 1. The van der Waals surface area contributed by atoms with Gasteiger partial charge in [0.2, 0.25) is 5.91 Å².